The van der Waals surface area contributed by atoms with E-state index in [1.807, 2.05) is 30.3 Å². The highest BCUT2D eigenvalue weighted by molar-refractivity contribution is 7.13. The fourth-order valence-electron chi connectivity index (χ4n) is 3.69. The van der Waals surface area contributed by atoms with Crippen LogP contribution in [-0.4, -0.2) is 34.6 Å². The number of nitrogens with zero attached hydrogens (tertiary/aromatic N) is 4. The van der Waals surface area contributed by atoms with Gasteiger partial charge in [0.2, 0.25) is 0 Å². The highest BCUT2D eigenvalue weighted by Gasteiger charge is 2.25. The summed E-state index contributed by atoms with van der Waals surface area (Å²) in [5, 5.41) is 15.2. The van der Waals surface area contributed by atoms with Gasteiger partial charge >= 0.3 is 0 Å². The molecule has 0 saturated carbocycles. The van der Waals surface area contributed by atoms with E-state index in [4.69, 9.17) is 15.0 Å². The highest BCUT2D eigenvalue weighted by Crippen LogP contribution is 2.33. The van der Waals surface area contributed by atoms with E-state index in [0.29, 0.717) is 18.3 Å². The van der Waals surface area contributed by atoms with E-state index < -0.39 is 0 Å². The van der Waals surface area contributed by atoms with E-state index in [-0.39, 0.29) is 0 Å². The van der Waals surface area contributed by atoms with Gasteiger partial charge in [-0.1, -0.05) is 36.8 Å². The molecule has 0 unspecified atom stereocenters. The predicted molar refractivity (Wildman–Crippen MR) is 119 cm³/mol. The molecule has 1 aromatic carbocycles. The third-order valence-corrected chi connectivity index (χ3v) is 6.02. The quantitative estimate of drug-likeness (QED) is 0.524. The Morgan fingerprint density at radius 1 is 1.20 bits per heavy atom. The molecular formula is C23H25N5OS. The molecule has 0 radical (unpaired) electrons. The van der Waals surface area contributed by atoms with Gasteiger partial charge < -0.3 is 10.1 Å². The van der Waals surface area contributed by atoms with Gasteiger partial charge in [0.25, 0.3) is 0 Å². The van der Waals surface area contributed by atoms with Gasteiger partial charge in [-0.15, -0.1) is 11.3 Å². The monoisotopic (exact) mass is 419 g/mol. The Hall–Kier alpha value is -2.79. The van der Waals surface area contributed by atoms with Gasteiger partial charge in [-0.2, -0.15) is 5.26 Å². The Morgan fingerprint density at radius 2 is 2.10 bits per heavy atom. The number of hydrogen-bond donors (Lipinski definition) is 1. The Kier molecular flexibility index (Phi) is 7.03. The van der Waals surface area contributed by atoms with E-state index in [2.05, 4.69) is 32.7 Å². The SMILES string of the molecule is N#Cc1ccc(Nc2nc([C@@H]3CCCCN3CCOCc3ccccc3)cs2)cn1. The van der Waals surface area contributed by atoms with E-state index >= 15 is 0 Å². The number of thiazole rings is 1. The van der Waals surface area contributed by atoms with Crippen LogP contribution in [0, 0.1) is 11.3 Å². The molecule has 30 heavy (non-hydrogen) atoms. The highest BCUT2D eigenvalue weighted by atomic mass is 32.1. The van der Waals surface area contributed by atoms with E-state index in [0.717, 1.165) is 42.6 Å². The van der Waals surface area contributed by atoms with Crippen LogP contribution in [0.5, 0.6) is 0 Å². The molecule has 1 atom stereocenters. The smallest absolute Gasteiger partial charge is 0.187 e. The number of pyridine rings is 1. The largest absolute Gasteiger partial charge is 0.375 e. The number of nitrogens with one attached hydrogen (secondary N) is 1. The minimum Gasteiger partial charge on any atom is -0.375 e. The lowest BCUT2D eigenvalue weighted by Crippen LogP contribution is -2.36. The molecule has 1 N–H and O–H groups in total. The predicted octanol–water partition coefficient (Wildman–Crippen LogP) is 4.90. The molecule has 1 aliphatic heterocycles. The zero-order valence-electron chi connectivity index (χ0n) is 16.8. The Balaban J connectivity index is 1.32. The molecule has 1 saturated heterocycles. The molecule has 3 aromatic rings. The van der Waals surface area contributed by atoms with Crippen LogP contribution in [-0.2, 0) is 11.3 Å². The minimum atomic E-state index is 0.338. The number of rotatable bonds is 8. The molecule has 154 valence electrons. The molecule has 1 aliphatic rings. The molecule has 2 aromatic heterocycles. The van der Waals surface area contributed by atoms with Crippen molar-refractivity contribution in [2.75, 3.05) is 25.0 Å². The molecule has 0 amide bonds. The van der Waals surface area contributed by atoms with E-state index in [9.17, 15) is 0 Å². The number of likely N-dealkylation sites (tertiary alicyclic amines) is 1. The standard InChI is InChI=1S/C23H25N5OS/c24-14-19-9-10-20(15-25-19)26-23-27-21(17-30-23)22-8-4-5-11-28(22)12-13-29-16-18-6-2-1-3-7-18/h1-3,6-7,9-10,15,17,22H,4-5,8,11-13,16H2,(H,26,27)/t22-/m0/s1. The molecule has 0 bridgehead atoms. The molecule has 0 spiro atoms. The number of hydrogen-bond acceptors (Lipinski definition) is 7. The third-order valence-electron chi connectivity index (χ3n) is 5.24. The summed E-state index contributed by atoms with van der Waals surface area (Å²) < 4.78 is 5.91. The number of aromatic nitrogens is 2. The van der Waals surface area contributed by atoms with Crippen LogP contribution in [0.4, 0.5) is 10.8 Å². The van der Waals surface area contributed by atoms with E-state index in [1.165, 1.54) is 18.4 Å². The second kappa shape index (κ2) is 10.3. The second-order valence-electron chi connectivity index (χ2n) is 7.33. The maximum atomic E-state index is 8.87. The van der Waals surface area contributed by atoms with Gasteiger partial charge in [-0.3, -0.25) is 4.90 Å². The minimum absolute atomic E-state index is 0.338. The first-order valence-corrected chi connectivity index (χ1v) is 11.1. The van der Waals surface area contributed by atoms with Crippen LogP contribution in [0.15, 0.2) is 54.0 Å². The topological polar surface area (TPSA) is 74.1 Å². The van der Waals surface area contributed by atoms with Crippen LogP contribution >= 0.6 is 11.3 Å². The van der Waals surface area contributed by atoms with Gasteiger partial charge in [0.1, 0.15) is 11.8 Å². The van der Waals surface area contributed by atoms with Crippen LogP contribution < -0.4 is 5.32 Å². The first-order valence-electron chi connectivity index (χ1n) is 10.3. The molecule has 0 aliphatic carbocycles. The maximum absolute atomic E-state index is 8.87. The number of benzene rings is 1. The fourth-order valence-corrected chi connectivity index (χ4v) is 4.47. The van der Waals surface area contributed by atoms with Crippen molar-refractivity contribution in [1.82, 2.24) is 14.9 Å². The van der Waals surface area contributed by atoms with Crippen LogP contribution in [0.2, 0.25) is 0 Å². The van der Waals surface area contributed by atoms with Gasteiger partial charge in [0.15, 0.2) is 5.13 Å². The second-order valence-corrected chi connectivity index (χ2v) is 8.19. The zero-order chi connectivity index (χ0) is 20.6. The average molecular weight is 420 g/mol. The van der Waals surface area contributed by atoms with Crippen molar-refractivity contribution in [3.8, 4) is 6.07 Å². The van der Waals surface area contributed by atoms with Gasteiger partial charge in [-0.05, 0) is 37.1 Å². The normalized spacial score (nSPS) is 16.8. The number of nitriles is 1. The molecule has 6 nitrogen and oxygen atoms in total. The molecule has 4 rings (SSSR count). The van der Waals surface area contributed by atoms with Crippen molar-refractivity contribution in [2.45, 2.75) is 31.9 Å². The van der Waals surface area contributed by atoms with Crippen molar-refractivity contribution >= 4 is 22.2 Å². The Labute approximate surface area is 181 Å². The summed E-state index contributed by atoms with van der Waals surface area (Å²) in [4.78, 5) is 11.4. The summed E-state index contributed by atoms with van der Waals surface area (Å²) in [5.41, 5.74) is 3.57. The summed E-state index contributed by atoms with van der Waals surface area (Å²) in [5.74, 6) is 0. The lowest BCUT2D eigenvalue weighted by molar-refractivity contribution is 0.0629. The van der Waals surface area contributed by atoms with Crippen molar-refractivity contribution < 1.29 is 4.74 Å². The van der Waals surface area contributed by atoms with Crippen LogP contribution in [0.1, 0.15) is 42.3 Å². The van der Waals surface area contributed by atoms with Crippen molar-refractivity contribution in [3.63, 3.8) is 0 Å². The van der Waals surface area contributed by atoms with Crippen LogP contribution in [0.3, 0.4) is 0 Å². The average Bonchev–Trinajstić information content (AvgIpc) is 3.26. The van der Waals surface area contributed by atoms with Gasteiger partial charge in [0.05, 0.1) is 36.8 Å². The molecule has 3 heterocycles. The first-order chi connectivity index (χ1) is 14.8. The van der Waals surface area contributed by atoms with Gasteiger partial charge in [0, 0.05) is 11.9 Å². The summed E-state index contributed by atoms with van der Waals surface area (Å²) >= 11 is 1.60. The number of ether oxygens (including phenoxy) is 1. The summed E-state index contributed by atoms with van der Waals surface area (Å²) in [6, 6.07) is 16.2. The first kappa shape index (κ1) is 20.5. The maximum Gasteiger partial charge on any atom is 0.187 e. The van der Waals surface area contributed by atoms with E-state index in [1.54, 1.807) is 23.6 Å². The number of piperidine rings is 1. The molecule has 1 fully saturated rings. The summed E-state index contributed by atoms with van der Waals surface area (Å²) in [7, 11) is 0. The number of anilines is 2. The third kappa shape index (κ3) is 5.42. The molecular weight excluding hydrogens is 394 g/mol. The van der Waals surface area contributed by atoms with Gasteiger partial charge in [-0.25, -0.2) is 9.97 Å². The van der Waals surface area contributed by atoms with Crippen molar-refractivity contribution in [3.05, 3.63) is 71.0 Å². The van der Waals surface area contributed by atoms with Crippen molar-refractivity contribution in [2.24, 2.45) is 0 Å². The fraction of sp³-hybridized carbons (Fsp3) is 0.348. The van der Waals surface area contributed by atoms with Crippen molar-refractivity contribution in [1.29, 1.82) is 5.26 Å². The zero-order valence-corrected chi connectivity index (χ0v) is 17.6. The lowest BCUT2D eigenvalue weighted by atomic mass is 10.00. The molecule has 7 heteroatoms. The Morgan fingerprint density at radius 3 is 2.90 bits per heavy atom. The summed E-state index contributed by atoms with van der Waals surface area (Å²) in [6.07, 6.45) is 5.24. The van der Waals surface area contributed by atoms with Crippen LogP contribution in [0.25, 0.3) is 0 Å². The Bertz CT molecular complexity index is 967. The summed E-state index contributed by atoms with van der Waals surface area (Å²) in [6.45, 7) is 3.37. The lowest BCUT2D eigenvalue weighted by Gasteiger charge is -2.34.